The van der Waals surface area contributed by atoms with Crippen molar-refractivity contribution in [3.63, 3.8) is 0 Å². The van der Waals surface area contributed by atoms with Crippen molar-refractivity contribution in [3.05, 3.63) is 0 Å². The average Bonchev–Trinajstić information content (AvgIpc) is 2.99. The normalized spacial score (nSPS) is 35.2. The SMILES string of the molecule is CC1CC(C)CC(OCCCNC2CC2)C1. The summed E-state index contributed by atoms with van der Waals surface area (Å²) in [6.07, 6.45) is 8.44. The number of ether oxygens (including phenoxy) is 1. The van der Waals surface area contributed by atoms with Crippen LogP contribution in [0.25, 0.3) is 0 Å². The summed E-state index contributed by atoms with van der Waals surface area (Å²) >= 11 is 0. The molecule has 2 saturated carbocycles. The molecule has 0 aliphatic heterocycles. The third kappa shape index (κ3) is 4.42. The minimum Gasteiger partial charge on any atom is -0.378 e. The summed E-state index contributed by atoms with van der Waals surface area (Å²) in [7, 11) is 0. The van der Waals surface area contributed by atoms with Crippen molar-refractivity contribution in [3.8, 4) is 0 Å². The Morgan fingerprint density at radius 2 is 1.75 bits per heavy atom. The number of nitrogens with one attached hydrogen (secondary N) is 1. The third-order valence-electron chi connectivity index (χ3n) is 3.82. The van der Waals surface area contributed by atoms with Crippen LogP contribution in [0.4, 0.5) is 0 Å². The van der Waals surface area contributed by atoms with Crippen molar-refractivity contribution in [2.24, 2.45) is 11.8 Å². The molecule has 0 aromatic rings. The molecule has 2 aliphatic carbocycles. The van der Waals surface area contributed by atoms with E-state index in [0.29, 0.717) is 6.10 Å². The van der Waals surface area contributed by atoms with Gasteiger partial charge in [-0.15, -0.1) is 0 Å². The Kier molecular flexibility index (Phi) is 4.66. The zero-order valence-electron chi connectivity index (χ0n) is 10.9. The highest BCUT2D eigenvalue weighted by atomic mass is 16.5. The molecule has 2 heteroatoms. The number of rotatable bonds is 6. The van der Waals surface area contributed by atoms with E-state index in [2.05, 4.69) is 19.2 Å². The summed E-state index contributed by atoms with van der Waals surface area (Å²) in [6.45, 7) is 6.81. The molecule has 16 heavy (non-hydrogen) atoms. The van der Waals surface area contributed by atoms with Gasteiger partial charge >= 0.3 is 0 Å². The highest BCUT2D eigenvalue weighted by Gasteiger charge is 2.24. The van der Waals surface area contributed by atoms with E-state index in [1.165, 1.54) is 38.5 Å². The van der Waals surface area contributed by atoms with Gasteiger partial charge in [-0.2, -0.15) is 0 Å². The van der Waals surface area contributed by atoms with Crippen LogP contribution in [-0.4, -0.2) is 25.3 Å². The Morgan fingerprint density at radius 3 is 2.38 bits per heavy atom. The summed E-state index contributed by atoms with van der Waals surface area (Å²) in [6, 6.07) is 0.842. The molecule has 2 aliphatic rings. The van der Waals surface area contributed by atoms with Crippen LogP contribution in [0, 0.1) is 11.8 Å². The zero-order valence-corrected chi connectivity index (χ0v) is 10.9. The lowest BCUT2D eigenvalue weighted by Gasteiger charge is -2.31. The van der Waals surface area contributed by atoms with Gasteiger partial charge in [0.1, 0.15) is 0 Å². The van der Waals surface area contributed by atoms with Gasteiger partial charge in [0.2, 0.25) is 0 Å². The fourth-order valence-corrected chi connectivity index (χ4v) is 2.93. The van der Waals surface area contributed by atoms with E-state index >= 15 is 0 Å². The first-order chi connectivity index (χ1) is 7.74. The summed E-state index contributed by atoms with van der Waals surface area (Å²) in [5, 5.41) is 3.53. The largest absolute Gasteiger partial charge is 0.378 e. The van der Waals surface area contributed by atoms with E-state index in [4.69, 9.17) is 4.74 Å². The Balaban J connectivity index is 1.50. The van der Waals surface area contributed by atoms with Gasteiger partial charge in [-0.1, -0.05) is 13.8 Å². The average molecular weight is 225 g/mol. The Labute approximate surface area is 100 Å². The number of hydrogen-bond donors (Lipinski definition) is 1. The van der Waals surface area contributed by atoms with Crippen LogP contribution in [0.3, 0.4) is 0 Å². The maximum Gasteiger partial charge on any atom is 0.0580 e. The van der Waals surface area contributed by atoms with Crippen molar-refractivity contribution < 1.29 is 4.74 Å². The van der Waals surface area contributed by atoms with Crippen LogP contribution in [0.2, 0.25) is 0 Å². The lowest BCUT2D eigenvalue weighted by Crippen LogP contribution is -2.27. The zero-order chi connectivity index (χ0) is 11.4. The fourth-order valence-electron chi connectivity index (χ4n) is 2.93. The molecule has 2 atom stereocenters. The molecule has 0 amide bonds. The molecular weight excluding hydrogens is 198 g/mol. The second kappa shape index (κ2) is 6.02. The molecule has 0 radical (unpaired) electrons. The topological polar surface area (TPSA) is 21.3 Å². The van der Waals surface area contributed by atoms with E-state index in [9.17, 15) is 0 Å². The van der Waals surface area contributed by atoms with E-state index in [-0.39, 0.29) is 0 Å². The predicted octanol–water partition coefficient (Wildman–Crippen LogP) is 2.97. The molecule has 2 rings (SSSR count). The summed E-state index contributed by atoms with van der Waals surface area (Å²) < 4.78 is 5.99. The van der Waals surface area contributed by atoms with Gasteiger partial charge < -0.3 is 10.1 Å². The third-order valence-corrected chi connectivity index (χ3v) is 3.82. The van der Waals surface area contributed by atoms with E-state index in [1.807, 2.05) is 0 Å². The van der Waals surface area contributed by atoms with Crippen molar-refractivity contribution in [2.45, 2.75) is 64.5 Å². The van der Waals surface area contributed by atoms with Crippen LogP contribution in [0.1, 0.15) is 52.4 Å². The highest BCUT2D eigenvalue weighted by Crippen LogP contribution is 2.30. The van der Waals surface area contributed by atoms with E-state index < -0.39 is 0 Å². The molecule has 0 aromatic carbocycles. The van der Waals surface area contributed by atoms with Crippen LogP contribution < -0.4 is 5.32 Å². The fraction of sp³-hybridized carbons (Fsp3) is 1.00. The van der Waals surface area contributed by atoms with Crippen LogP contribution in [0.5, 0.6) is 0 Å². The van der Waals surface area contributed by atoms with Gasteiger partial charge in [0.25, 0.3) is 0 Å². The predicted molar refractivity (Wildman–Crippen MR) is 67.6 cm³/mol. The van der Waals surface area contributed by atoms with E-state index in [1.54, 1.807) is 0 Å². The second-order valence-electron chi connectivity index (χ2n) is 5.99. The molecule has 0 spiro atoms. The van der Waals surface area contributed by atoms with Crippen LogP contribution in [0.15, 0.2) is 0 Å². The van der Waals surface area contributed by atoms with Gasteiger partial charge in [0.15, 0.2) is 0 Å². The maximum atomic E-state index is 5.99. The molecule has 2 unspecified atom stereocenters. The summed E-state index contributed by atoms with van der Waals surface area (Å²) in [5.41, 5.74) is 0. The molecule has 0 bridgehead atoms. The Hall–Kier alpha value is -0.0800. The second-order valence-corrected chi connectivity index (χ2v) is 5.99. The first kappa shape index (κ1) is 12.4. The quantitative estimate of drug-likeness (QED) is 0.702. The van der Waals surface area contributed by atoms with Gasteiger partial charge in [-0.3, -0.25) is 0 Å². The smallest absolute Gasteiger partial charge is 0.0580 e. The first-order valence-electron chi connectivity index (χ1n) is 7.09. The molecule has 1 N–H and O–H groups in total. The number of hydrogen-bond acceptors (Lipinski definition) is 2. The molecule has 2 nitrogen and oxygen atoms in total. The molecule has 0 saturated heterocycles. The molecule has 94 valence electrons. The van der Waals surface area contributed by atoms with Crippen LogP contribution >= 0.6 is 0 Å². The minimum absolute atomic E-state index is 0.541. The molecule has 2 fully saturated rings. The van der Waals surface area contributed by atoms with Crippen molar-refractivity contribution >= 4 is 0 Å². The molecular formula is C14H27NO. The Morgan fingerprint density at radius 1 is 1.06 bits per heavy atom. The van der Waals surface area contributed by atoms with Gasteiger partial charge in [0, 0.05) is 12.6 Å². The summed E-state index contributed by atoms with van der Waals surface area (Å²) in [5.74, 6) is 1.72. The Bertz CT molecular complexity index is 193. The van der Waals surface area contributed by atoms with Crippen LogP contribution in [-0.2, 0) is 4.74 Å². The maximum absolute atomic E-state index is 5.99. The standard InChI is InChI=1S/C14H27NO/c1-11-8-12(2)10-14(9-11)16-7-3-6-15-13-4-5-13/h11-15H,3-10H2,1-2H3. The molecule has 0 aromatic heterocycles. The lowest BCUT2D eigenvalue weighted by atomic mass is 9.82. The van der Waals surface area contributed by atoms with Crippen molar-refractivity contribution in [1.82, 2.24) is 5.32 Å². The minimum atomic E-state index is 0.541. The van der Waals surface area contributed by atoms with Gasteiger partial charge in [0.05, 0.1) is 6.10 Å². The first-order valence-corrected chi connectivity index (χ1v) is 7.09. The lowest BCUT2D eigenvalue weighted by molar-refractivity contribution is 0.000188. The van der Waals surface area contributed by atoms with Gasteiger partial charge in [-0.05, 0) is 56.9 Å². The monoisotopic (exact) mass is 225 g/mol. The van der Waals surface area contributed by atoms with Crippen molar-refractivity contribution in [2.75, 3.05) is 13.2 Å². The van der Waals surface area contributed by atoms with E-state index in [0.717, 1.165) is 31.0 Å². The summed E-state index contributed by atoms with van der Waals surface area (Å²) in [4.78, 5) is 0. The molecule has 0 heterocycles. The highest BCUT2D eigenvalue weighted by molar-refractivity contribution is 4.80. The van der Waals surface area contributed by atoms with Crippen molar-refractivity contribution in [1.29, 1.82) is 0 Å². The van der Waals surface area contributed by atoms with Gasteiger partial charge in [-0.25, -0.2) is 0 Å².